The average Bonchev–Trinajstić information content (AvgIpc) is 2.27. The normalized spacial score (nSPS) is 29.9. The Morgan fingerprint density at radius 2 is 1.47 bits per heavy atom. The molecule has 0 aromatic heterocycles. The highest BCUT2D eigenvalue weighted by Gasteiger charge is 2.15. The van der Waals surface area contributed by atoms with E-state index in [0.29, 0.717) is 12.0 Å². The van der Waals surface area contributed by atoms with Gasteiger partial charge in [-0.15, -0.1) is 0 Å². The standard InChI is InChI=1S/C13H23NS/c1-12-9-7-5-3-2-4-6-8-10-13(12)14-11-15/h12-13H,2-10H2,1H3. The minimum absolute atomic E-state index is 0.445. The van der Waals surface area contributed by atoms with Crippen molar-refractivity contribution in [2.24, 2.45) is 10.9 Å². The van der Waals surface area contributed by atoms with E-state index in [0.717, 1.165) is 0 Å². The van der Waals surface area contributed by atoms with E-state index in [1.165, 1.54) is 57.8 Å². The van der Waals surface area contributed by atoms with Crippen LogP contribution in [0.2, 0.25) is 0 Å². The van der Waals surface area contributed by atoms with E-state index >= 15 is 0 Å². The smallest absolute Gasteiger partial charge is 0.0628 e. The van der Waals surface area contributed by atoms with Gasteiger partial charge in [0.1, 0.15) is 0 Å². The molecule has 0 aromatic rings. The van der Waals surface area contributed by atoms with Crippen molar-refractivity contribution >= 4 is 17.4 Å². The lowest BCUT2D eigenvalue weighted by atomic mass is 9.92. The molecule has 2 heteroatoms. The number of hydrogen-bond acceptors (Lipinski definition) is 2. The summed E-state index contributed by atoms with van der Waals surface area (Å²) in [5, 5.41) is 2.58. The molecule has 2 unspecified atom stereocenters. The molecule has 0 radical (unpaired) electrons. The third-order valence-corrected chi connectivity index (χ3v) is 3.64. The first kappa shape index (κ1) is 12.9. The van der Waals surface area contributed by atoms with Crippen molar-refractivity contribution in [1.82, 2.24) is 0 Å². The molecule has 2 atom stereocenters. The molecule has 0 aromatic carbocycles. The van der Waals surface area contributed by atoms with Gasteiger partial charge in [0.15, 0.2) is 0 Å². The minimum Gasteiger partial charge on any atom is -0.229 e. The van der Waals surface area contributed by atoms with Crippen LogP contribution in [0.5, 0.6) is 0 Å². The summed E-state index contributed by atoms with van der Waals surface area (Å²) in [5.74, 6) is 0.693. The summed E-state index contributed by atoms with van der Waals surface area (Å²) < 4.78 is 0. The van der Waals surface area contributed by atoms with Gasteiger partial charge in [-0.1, -0.05) is 51.9 Å². The van der Waals surface area contributed by atoms with Crippen molar-refractivity contribution in [2.75, 3.05) is 0 Å². The molecule has 0 heterocycles. The van der Waals surface area contributed by atoms with Crippen LogP contribution in [0.3, 0.4) is 0 Å². The van der Waals surface area contributed by atoms with E-state index in [1.807, 2.05) is 0 Å². The average molecular weight is 225 g/mol. The van der Waals surface area contributed by atoms with Crippen LogP contribution in [0.4, 0.5) is 0 Å². The van der Waals surface area contributed by atoms with Gasteiger partial charge in [0, 0.05) is 0 Å². The Morgan fingerprint density at radius 3 is 2.07 bits per heavy atom. The second-order valence-corrected chi connectivity index (χ2v) is 5.00. The van der Waals surface area contributed by atoms with E-state index in [1.54, 1.807) is 0 Å². The van der Waals surface area contributed by atoms with Gasteiger partial charge in [-0.2, -0.15) is 0 Å². The lowest BCUT2D eigenvalue weighted by Gasteiger charge is -2.18. The first-order chi connectivity index (χ1) is 7.34. The van der Waals surface area contributed by atoms with Crippen molar-refractivity contribution in [3.05, 3.63) is 0 Å². The molecule has 0 saturated heterocycles. The lowest BCUT2D eigenvalue weighted by molar-refractivity contribution is 0.390. The molecule has 1 aliphatic rings. The van der Waals surface area contributed by atoms with Gasteiger partial charge in [-0.05, 0) is 31.0 Å². The first-order valence-electron chi connectivity index (χ1n) is 6.41. The molecule has 1 aliphatic carbocycles. The fourth-order valence-corrected chi connectivity index (χ4v) is 2.58. The van der Waals surface area contributed by atoms with Gasteiger partial charge in [-0.3, -0.25) is 0 Å². The number of nitrogens with zero attached hydrogens (tertiary/aromatic N) is 1. The summed E-state index contributed by atoms with van der Waals surface area (Å²) in [5.41, 5.74) is 0. The van der Waals surface area contributed by atoms with Crippen molar-refractivity contribution < 1.29 is 0 Å². The Morgan fingerprint density at radius 1 is 0.933 bits per heavy atom. The van der Waals surface area contributed by atoms with Crippen molar-refractivity contribution in [3.63, 3.8) is 0 Å². The van der Waals surface area contributed by atoms with Crippen LogP contribution < -0.4 is 0 Å². The molecular formula is C13H23NS. The second kappa shape index (κ2) is 8.01. The summed E-state index contributed by atoms with van der Waals surface area (Å²) in [6, 6.07) is 0.445. The highest BCUT2D eigenvalue weighted by molar-refractivity contribution is 7.78. The van der Waals surface area contributed by atoms with Gasteiger partial charge < -0.3 is 0 Å². The van der Waals surface area contributed by atoms with E-state index in [4.69, 9.17) is 12.2 Å². The predicted molar refractivity (Wildman–Crippen MR) is 69.5 cm³/mol. The maximum atomic E-state index is 4.73. The van der Waals surface area contributed by atoms with E-state index in [2.05, 4.69) is 17.1 Å². The van der Waals surface area contributed by atoms with Gasteiger partial charge in [0.2, 0.25) is 0 Å². The summed E-state index contributed by atoms with van der Waals surface area (Å²) in [6.45, 7) is 2.32. The van der Waals surface area contributed by atoms with Gasteiger partial charge in [-0.25, -0.2) is 4.99 Å². The molecule has 0 aliphatic heterocycles. The van der Waals surface area contributed by atoms with Crippen LogP contribution in [-0.2, 0) is 0 Å². The molecular weight excluding hydrogens is 202 g/mol. The maximum absolute atomic E-state index is 4.73. The molecule has 0 N–H and O–H groups in total. The van der Waals surface area contributed by atoms with Crippen LogP contribution in [0, 0.1) is 5.92 Å². The molecule has 1 saturated carbocycles. The minimum atomic E-state index is 0.445. The molecule has 1 fully saturated rings. The molecule has 15 heavy (non-hydrogen) atoms. The fourth-order valence-electron chi connectivity index (χ4n) is 2.44. The van der Waals surface area contributed by atoms with E-state index < -0.39 is 0 Å². The Balaban J connectivity index is 2.46. The number of isothiocyanates is 1. The zero-order valence-corrected chi connectivity index (χ0v) is 10.7. The number of rotatable bonds is 1. The zero-order valence-electron chi connectivity index (χ0n) is 9.87. The SMILES string of the molecule is CC1CCCCCCCCCC1N=C=S. The highest BCUT2D eigenvalue weighted by Crippen LogP contribution is 2.23. The van der Waals surface area contributed by atoms with Crippen molar-refractivity contribution in [3.8, 4) is 0 Å². The number of aliphatic imine (C=N–C) groups is 1. The Kier molecular flexibility index (Phi) is 6.87. The summed E-state index contributed by atoms with van der Waals surface area (Å²) in [6.07, 6.45) is 12.2. The summed E-state index contributed by atoms with van der Waals surface area (Å²) in [4.78, 5) is 4.33. The first-order valence-corrected chi connectivity index (χ1v) is 6.82. The molecule has 1 nitrogen and oxygen atoms in total. The Hall–Kier alpha value is -0.200. The zero-order chi connectivity index (χ0) is 10.9. The maximum Gasteiger partial charge on any atom is 0.0628 e. The van der Waals surface area contributed by atoms with Crippen LogP contribution in [0.15, 0.2) is 4.99 Å². The third-order valence-electron chi connectivity index (χ3n) is 3.53. The molecule has 1 rings (SSSR count). The van der Waals surface area contributed by atoms with Crippen molar-refractivity contribution in [1.29, 1.82) is 0 Å². The fraction of sp³-hybridized carbons (Fsp3) is 0.923. The molecule has 86 valence electrons. The lowest BCUT2D eigenvalue weighted by Crippen LogP contribution is -2.15. The quantitative estimate of drug-likeness (QED) is 0.468. The molecule has 0 amide bonds. The van der Waals surface area contributed by atoms with Crippen LogP contribution in [0.25, 0.3) is 0 Å². The topological polar surface area (TPSA) is 12.4 Å². The summed E-state index contributed by atoms with van der Waals surface area (Å²) in [7, 11) is 0. The Bertz CT molecular complexity index is 209. The highest BCUT2D eigenvalue weighted by atomic mass is 32.1. The second-order valence-electron chi connectivity index (χ2n) is 4.82. The number of thiocarbonyl (C=S) groups is 1. The van der Waals surface area contributed by atoms with Gasteiger partial charge >= 0.3 is 0 Å². The monoisotopic (exact) mass is 225 g/mol. The van der Waals surface area contributed by atoms with Crippen molar-refractivity contribution in [2.45, 2.75) is 70.8 Å². The van der Waals surface area contributed by atoms with Crippen LogP contribution in [0.1, 0.15) is 64.7 Å². The third kappa shape index (κ3) is 5.44. The van der Waals surface area contributed by atoms with Gasteiger partial charge in [0.25, 0.3) is 0 Å². The number of hydrogen-bond donors (Lipinski definition) is 0. The van der Waals surface area contributed by atoms with E-state index in [9.17, 15) is 0 Å². The Labute approximate surface area is 99.4 Å². The van der Waals surface area contributed by atoms with Crippen LogP contribution in [-0.4, -0.2) is 11.2 Å². The largest absolute Gasteiger partial charge is 0.229 e. The predicted octanol–water partition coefficient (Wildman–Crippen LogP) is 4.62. The van der Waals surface area contributed by atoms with Crippen LogP contribution >= 0.6 is 12.2 Å². The summed E-state index contributed by atoms with van der Waals surface area (Å²) >= 11 is 4.73. The van der Waals surface area contributed by atoms with E-state index in [-0.39, 0.29) is 0 Å². The van der Waals surface area contributed by atoms with Gasteiger partial charge in [0.05, 0.1) is 11.2 Å². The molecule has 0 spiro atoms. The molecule has 0 bridgehead atoms.